The average Bonchev–Trinajstić information content (AvgIpc) is 2.50. The van der Waals surface area contributed by atoms with Gasteiger partial charge in [-0.05, 0) is 42.8 Å². The van der Waals surface area contributed by atoms with Gasteiger partial charge in [-0.25, -0.2) is 4.39 Å². The largest absolute Gasteiger partial charge is 0.312 e. The number of aryl methyl sites for hydroxylation is 1. The molecule has 1 N–H and O–H groups in total. The number of hydrogen-bond donors (Lipinski definition) is 1. The molecule has 1 atom stereocenters. The Balaban J connectivity index is 1.99. The molecular formula is C18H22FNS. The summed E-state index contributed by atoms with van der Waals surface area (Å²) in [4.78, 5) is 0.970. The molecule has 112 valence electrons. The van der Waals surface area contributed by atoms with Crippen molar-refractivity contribution in [1.29, 1.82) is 0 Å². The van der Waals surface area contributed by atoms with Gasteiger partial charge in [0, 0.05) is 16.7 Å². The fourth-order valence-corrected chi connectivity index (χ4v) is 3.38. The van der Waals surface area contributed by atoms with E-state index in [0.29, 0.717) is 0 Å². The van der Waals surface area contributed by atoms with Crippen molar-refractivity contribution >= 4 is 11.8 Å². The number of nitrogens with one attached hydrogen (secondary N) is 1. The van der Waals surface area contributed by atoms with Gasteiger partial charge in [-0.3, -0.25) is 0 Å². The average molecular weight is 303 g/mol. The fraction of sp³-hybridized carbons (Fsp3) is 0.333. The topological polar surface area (TPSA) is 12.0 Å². The van der Waals surface area contributed by atoms with Gasteiger partial charge in [0.15, 0.2) is 0 Å². The Morgan fingerprint density at radius 1 is 1.14 bits per heavy atom. The smallest absolute Gasteiger partial charge is 0.124 e. The van der Waals surface area contributed by atoms with E-state index in [0.717, 1.165) is 17.1 Å². The van der Waals surface area contributed by atoms with Gasteiger partial charge in [-0.2, -0.15) is 0 Å². The molecule has 0 aliphatic rings. The summed E-state index contributed by atoms with van der Waals surface area (Å²) in [5.74, 6) is 0.706. The van der Waals surface area contributed by atoms with Crippen molar-refractivity contribution in [2.24, 2.45) is 0 Å². The maximum absolute atomic E-state index is 13.2. The first-order valence-corrected chi connectivity index (χ1v) is 8.36. The van der Waals surface area contributed by atoms with Crippen LogP contribution in [0.5, 0.6) is 0 Å². The Morgan fingerprint density at radius 2 is 1.90 bits per heavy atom. The Morgan fingerprint density at radius 3 is 2.52 bits per heavy atom. The molecule has 0 radical (unpaired) electrons. The summed E-state index contributed by atoms with van der Waals surface area (Å²) in [5.41, 5.74) is 2.66. The molecule has 2 aromatic carbocycles. The molecule has 0 heterocycles. The van der Waals surface area contributed by atoms with Gasteiger partial charge < -0.3 is 5.32 Å². The highest BCUT2D eigenvalue weighted by atomic mass is 32.2. The van der Waals surface area contributed by atoms with Crippen LogP contribution in [-0.2, 0) is 6.42 Å². The Labute approximate surface area is 131 Å². The summed E-state index contributed by atoms with van der Waals surface area (Å²) in [5, 5.41) is 3.34. The zero-order valence-electron chi connectivity index (χ0n) is 12.6. The molecule has 0 bridgehead atoms. The first-order chi connectivity index (χ1) is 10.2. The van der Waals surface area contributed by atoms with Crippen LogP contribution >= 0.6 is 11.8 Å². The minimum absolute atomic E-state index is 0.176. The molecule has 0 fully saturated rings. The quantitative estimate of drug-likeness (QED) is 0.735. The molecule has 0 amide bonds. The Hall–Kier alpha value is -1.32. The summed E-state index contributed by atoms with van der Waals surface area (Å²) >= 11 is 1.67. The van der Waals surface area contributed by atoms with Crippen LogP contribution in [-0.4, -0.2) is 12.8 Å². The number of halogens is 1. The van der Waals surface area contributed by atoms with Crippen LogP contribution in [0.15, 0.2) is 53.4 Å². The number of benzene rings is 2. The molecule has 3 heteroatoms. The molecule has 0 saturated heterocycles. The van der Waals surface area contributed by atoms with Gasteiger partial charge >= 0.3 is 0 Å². The molecule has 2 aromatic rings. The van der Waals surface area contributed by atoms with Gasteiger partial charge in [0.2, 0.25) is 0 Å². The van der Waals surface area contributed by atoms with Gasteiger partial charge in [0.1, 0.15) is 5.82 Å². The highest BCUT2D eigenvalue weighted by Crippen LogP contribution is 2.25. The molecule has 1 unspecified atom stereocenters. The van der Waals surface area contributed by atoms with E-state index < -0.39 is 0 Å². The zero-order valence-corrected chi connectivity index (χ0v) is 13.4. The first kappa shape index (κ1) is 16.1. The van der Waals surface area contributed by atoms with Crippen molar-refractivity contribution in [3.63, 3.8) is 0 Å². The van der Waals surface area contributed by atoms with Crippen molar-refractivity contribution in [1.82, 2.24) is 5.32 Å². The van der Waals surface area contributed by atoms with Crippen molar-refractivity contribution in [3.8, 4) is 0 Å². The molecule has 0 aliphatic carbocycles. The third-order valence-electron chi connectivity index (χ3n) is 3.48. The van der Waals surface area contributed by atoms with Gasteiger partial charge in [-0.1, -0.05) is 43.7 Å². The summed E-state index contributed by atoms with van der Waals surface area (Å²) < 4.78 is 13.2. The molecule has 0 aliphatic heterocycles. The predicted molar refractivity (Wildman–Crippen MR) is 89.4 cm³/mol. The van der Waals surface area contributed by atoms with Crippen molar-refractivity contribution in [2.45, 2.75) is 30.7 Å². The predicted octanol–water partition coefficient (Wildman–Crippen LogP) is 4.83. The molecule has 0 saturated carbocycles. The normalized spacial score (nSPS) is 12.3. The second kappa shape index (κ2) is 8.20. The molecule has 0 aromatic heterocycles. The highest BCUT2D eigenvalue weighted by Gasteiger charge is 2.10. The SMILES string of the molecule is CCCc1ccc(C(CSc2cccc(F)c2)NC)cc1. The van der Waals surface area contributed by atoms with Crippen LogP contribution in [0.4, 0.5) is 4.39 Å². The van der Waals surface area contributed by atoms with Gasteiger partial charge in [0.05, 0.1) is 0 Å². The van der Waals surface area contributed by atoms with Crippen LogP contribution in [0.3, 0.4) is 0 Å². The third kappa shape index (κ3) is 4.87. The van der Waals surface area contributed by atoms with Crippen LogP contribution in [0.25, 0.3) is 0 Å². The lowest BCUT2D eigenvalue weighted by Crippen LogP contribution is -2.18. The number of rotatable bonds is 7. The highest BCUT2D eigenvalue weighted by molar-refractivity contribution is 7.99. The minimum atomic E-state index is -0.176. The summed E-state index contributed by atoms with van der Waals surface area (Å²) in [7, 11) is 1.97. The van der Waals surface area contributed by atoms with Gasteiger partial charge in [0.25, 0.3) is 0 Å². The minimum Gasteiger partial charge on any atom is -0.312 e. The molecular weight excluding hydrogens is 281 g/mol. The molecule has 21 heavy (non-hydrogen) atoms. The van der Waals surface area contributed by atoms with Gasteiger partial charge in [-0.15, -0.1) is 11.8 Å². The first-order valence-electron chi connectivity index (χ1n) is 7.37. The van der Waals surface area contributed by atoms with E-state index >= 15 is 0 Å². The van der Waals surface area contributed by atoms with E-state index in [2.05, 4.69) is 36.5 Å². The zero-order chi connectivity index (χ0) is 15.1. The van der Waals surface area contributed by atoms with Crippen LogP contribution < -0.4 is 5.32 Å². The maximum Gasteiger partial charge on any atom is 0.124 e. The number of thioether (sulfide) groups is 1. The second-order valence-corrected chi connectivity index (χ2v) is 6.19. The van der Waals surface area contributed by atoms with Crippen LogP contribution in [0.1, 0.15) is 30.5 Å². The Kier molecular flexibility index (Phi) is 6.27. The third-order valence-corrected chi connectivity index (χ3v) is 4.57. The fourth-order valence-electron chi connectivity index (χ4n) is 2.29. The summed E-state index contributed by atoms with van der Waals surface area (Å²) in [6.45, 7) is 2.19. The second-order valence-electron chi connectivity index (χ2n) is 5.10. The number of hydrogen-bond acceptors (Lipinski definition) is 2. The summed E-state index contributed by atoms with van der Waals surface area (Å²) in [6, 6.07) is 15.8. The van der Waals surface area contributed by atoms with Crippen molar-refractivity contribution < 1.29 is 4.39 Å². The maximum atomic E-state index is 13.2. The van der Waals surface area contributed by atoms with E-state index in [1.165, 1.54) is 23.6 Å². The van der Waals surface area contributed by atoms with Crippen LogP contribution in [0, 0.1) is 5.82 Å². The van der Waals surface area contributed by atoms with Crippen molar-refractivity contribution in [3.05, 3.63) is 65.5 Å². The lowest BCUT2D eigenvalue weighted by atomic mass is 10.0. The van der Waals surface area contributed by atoms with E-state index in [9.17, 15) is 4.39 Å². The van der Waals surface area contributed by atoms with E-state index in [-0.39, 0.29) is 11.9 Å². The molecule has 0 spiro atoms. The monoisotopic (exact) mass is 303 g/mol. The Bertz CT molecular complexity index is 553. The molecule has 2 rings (SSSR count). The lowest BCUT2D eigenvalue weighted by molar-refractivity contribution is 0.624. The summed E-state index contributed by atoms with van der Waals surface area (Å²) in [6.07, 6.45) is 2.30. The lowest BCUT2D eigenvalue weighted by Gasteiger charge is -2.17. The van der Waals surface area contributed by atoms with E-state index in [1.807, 2.05) is 13.1 Å². The van der Waals surface area contributed by atoms with Crippen LogP contribution in [0.2, 0.25) is 0 Å². The van der Waals surface area contributed by atoms with E-state index in [1.54, 1.807) is 23.9 Å². The van der Waals surface area contributed by atoms with Crippen molar-refractivity contribution in [2.75, 3.05) is 12.8 Å². The molecule has 1 nitrogen and oxygen atoms in total. The van der Waals surface area contributed by atoms with E-state index in [4.69, 9.17) is 0 Å². The standard InChI is InChI=1S/C18H22FNS/c1-3-5-14-8-10-15(11-9-14)18(20-2)13-21-17-7-4-6-16(19)12-17/h4,6-12,18,20H,3,5,13H2,1-2H3.